The van der Waals surface area contributed by atoms with Gasteiger partial charge in [0.15, 0.2) is 0 Å². The summed E-state index contributed by atoms with van der Waals surface area (Å²) in [5.74, 6) is -0.109. The van der Waals surface area contributed by atoms with Crippen molar-refractivity contribution in [1.29, 1.82) is 0 Å². The number of nitrogens with one attached hydrogen (secondary N) is 1. The number of carbonyl (C=O) groups excluding carboxylic acids is 1. The van der Waals surface area contributed by atoms with Crippen LogP contribution in [0, 0.1) is 10.1 Å². The van der Waals surface area contributed by atoms with E-state index in [1.165, 1.54) is 0 Å². The normalized spacial score (nSPS) is 11.1. The van der Waals surface area contributed by atoms with Gasteiger partial charge in [-0.1, -0.05) is 0 Å². The monoisotopic (exact) mass is 400 g/mol. The number of hydrogen-bond donors (Lipinski definition) is 1. The van der Waals surface area contributed by atoms with Gasteiger partial charge < -0.3 is 10.1 Å². The van der Waals surface area contributed by atoms with Crippen LogP contribution in [0.25, 0.3) is 0 Å². The van der Waals surface area contributed by atoms with Gasteiger partial charge >= 0.3 is 6.18 Å². The van der Waals surface area contributed by atoms with Gasteiger partial charge in [0.2, 0.25) is 5.91 Å². The van der Waals surface area contributed by atoms with E-state index >= 15 is 0 Å². The Morgan fingerprint density at radius 3 is 2.44 bits per heavy atom. The van der Waals surface area contributed by atoms with Crippen LogP contribution in [0.5, 0.6) is 5.75 Å². The predicted octanol–water partition coefficient (Wildman–Crippen LogP) is 4.74. The second kappa shape index (κ2) is 8.76. The number of nitrogens with zero attached hydrogens (tertiary/aromatic N) is 1. The molecule has 0 aliphatic rings. The highest BCUT2D eigenvalue weighted by atomic mass is 32.2. The number of non-ortho nitro benzene ring substituents is 1. The van der Waals surface area contributed by atoms with Crippen LogP contribution in [0.4, 0.5) is 24.5 Å². The molecule has 0 bridgehead atoms. The maximum Gasteiger partial charge on any atom is 0.418 e. The van der Waals surface area contributed by atoms with E-state index in [0.29, 0.717) is 18.4 Å². The minimum absolute atomic E-state index is 0.123. The molecule has 0 unspecified atom stereocenters. The number of anilines is 1. The third-order valence-corrected chi connectivity index (χ3v) is 4.31. The molecule has 0 aromatic heterocycles. The van der Waals surface area contributed by atoms with Crippen molar-refractivity contribution in [3.8, 4) is 5.75 Å². The smallest absolute Gasteiger partial charge is 0.418 e. The van der Waals surface area contributed by atoms with Crippen LogP contribution in [0.15, 0.2) is 47.4 Å². The molecule has 2 rings (SSSR count). The van der Waals surface area contributed by atoms with Crippen LogP contribution in [-0.2, 0) is 11.0 Å². The SMILES string of the molecule is CCOc1ccc(SCC(=O)Nc2ccc([N+](=O)[O-])cc2C(F)(F)F)cc1. The molecule has 0 heterocycles. The van der Waals surface area contributed by atoms with E-state index < -0.39 is 33.9 Å². The van der Waals surface area contributed by atoms with Crippen LogP contribution in [0.3, 0.4) is 0 Å². The number of hydrogen-bond acceptors (Lipinski definition) is 5. The van der Waals surface area contributed by atoms with Gasteiger partial charge in [-0.3, -0.25) is 14.9 Å². The summed E-state index contributed by atoms with van der Waals surface area (Å²) in [7, 11) is 0. The first-order valence-electron chi connectivity index (χ1n) is 7.72. The van der Waals surface area contributed by atoms with Crippen LogP contribution < -0.4 is 10.1 Å². The Labute approximate surface area is 156 Å². The van der Waals surface area contributed by atoms with Gasteiger partial charge in [-0.15, -0.1) is 11.8 Å². The zero-order valence-corrected chi connectivity index (χ0v) is 14.9. The maximum atomic E-state index is 13.1. The number of alkyl halides is 3. The zero-order valence-electron chi connectivity index (χ0n) is 14.1. The number of rotatable bonds is 7. The lowest BCUT2D eigenvalue weighted by atomic mass is 10.1. The fraction of sp³-hybridized carbons (Fsp3) is 0.235. The van der Waals surface area contributed by atoms with Crippen molar-refractivity contribution in [2.45, 2.75) is 18.0 Å². The molecule has 0 fully saturated rings. The highest BCUT2D eigenvalue weighted by molar-refractivity contribution is 8.00. The van der Waals surface area contributed by atoms with Crippen LogP contribution in [0.2, 0.25) is 0 Å². The highest BCUT2D eigenvalue weighted by Crippen LogP contribution is 2.37. The van der Waals surface area contributed by atoms with Crippen LogP contribution in [-0.4, -0.2) is 23.2 Å². The lowest BCUT2D eigenvalue weighted by Crippen LogP contribution is -2.18. The molecule has 144 valence electrons. The van der Waals surface area contributed by atoms with Crippen LogP contribution in [0.1, 0.15) is 12.5 Å². The molecule has 2 aromatic rings. The minimum Gasteiger partial charge on any atom is -0.494 e. The van der Waals surface area contributed by atoms with Gasteiger partial charge in [0, 0.05) is 17.0 Å². The minimum atomic E-state index is -4.84. The summed E-state index contributed by atoms with van der Waals surface area (Å²) in [6, 6.07) is 9.09. The van der Waals surface area contributed by atoms with Gasteiger partial charge in [-0.25, -0.2) is 0 Å². The molecule has 2 aromatic carbocycles. The van der Waals surface area contributed by atoms with E-state index in [2.05, 4.69) is 5.32 Å². The molecule has 0 atom stereocenters. The quantitative estimate of drug-likeness (QED) is 0.412. The first-order chi connectivity index (χ1) is 12.7. The molecule has 0 saturated carbocycles. The number of carbonyl (C=O) groups is 1. The summed E-state index contributed by atoms with van der Waals surface area (Å²) >= 11 is 1.14. The first-order valence-corrected chi connectivity index (χ1v) is 8.70. The summed E-state index contributed by atoms with van der Waals surface area (Å²) in [6.45, 7) is 2.37. The fourth-order valence-corrected chi connectivity index (χ4v) is 2.82. The average molecular weight is 400 g/mol. The Balaban J connectivity index is 2.05. The molecule has 0 saturated heterocycles. The van der Waals surface area contributed by atoms with Gasteiger partial charge in [-0.05, 0) is 37.3 Å². The Bertz CT molecular complexity index is 826. The lowest BCUT2D eigenvalue weighted by molar-refractivity contribution is -0.385. The van der Waals surface area contributed by atoms with Gasteiger partial charge in [0.05, 0.1) is 28.5 Å². The van der Waals surface area contributed by atoms with Crippen LogP contribution >= 0.6 is 11.8 Å². The Morgan fingerprint density at radius 2 is 1.89 bits per heavy atom. The number of nitro groups is 1. The van der Waals surface area contributed by atoms with Crippen molar-refractivity contribution in [3.05, 3.63) is 58.1 Å². The molecule has 10 heteroatoms. The van der Waals surface area contributed by atoms with Crippen molar-refractivity contribution in [1.82, 2.24) is 0 Å². The van der Waals surface area contributed by atoms with E-state index in [9.17, 15) is 28.1 Å². The second-order valence-corrected chi connectivity index (χ2v) is 6.27. The Morgan fingerprint density at radius 1 is 1.22 bits per heavy atom. The van der Waals surface area contributed by atoms with Crippen molar-refractivity contribution < 1.29 is 27.6 Å². The van der Waals surface area contributed by atoms with Crippen molar-refractivity contribution in [2.75, 3.05) is 17.7 Å². The largest absolute Gasteiger partial charge is 0.494 e. The van der Waals surface area contributed by atoms with E-state index in [4.69, 9.17) is 4.74 Å². The zero-order chi connectivity index (χ0) is 20.0. The van der Waals surface area contributed by atoms with Gasteiger partial charge in [0.25, 0.3) is 5.69 Å². The predicted molar refractivity (Wildman–Crippen MR) is 95.1 cm³/mol. The van der Waals surface area contributed by atoms with E-state index in [-0.39, 0.29) is 5.75 Å². The molecule has 0 radical (unpaired) electrons. The van der Waals surface area contributed by atoms with Crippen molar-refractivity contribution in [3.63, 3.8) is 0 Å². The van der Waals surface area contributed by atoms with Gasteiger partial charge in [0.1, 0.15) is 5.75 Å². The summed E-state index contributed by atoms with van der Waals surface area (Å²) in [6.07, 6.45) is -4.84. The molecule has 0 spiro atoms. The Kier molecular flexibility index (Phi) is 6.67. The first kappa shape index (κ1) is 20.6. The molecule has 1 N–H and O–H groups in total. The maximum absolute atomic E-state index is 13.1. The number of halogens is 3. The molecule has 6 nitrogen and oxygen atoms in total. The molecular weight excluding hydrogens is 385 g/mol. The molecule has 0 aliphatic heterocycles. The Hall–Kier alpha value is -2.75. The average Bonchev–Trinajstić information content (AvgIpc) is 2.60. The van der Waals surface area contributed by atoms with E-state index in [1.807, 2.05) is 6.92 Å². The van der Waals surface area contributed by atoms with E-state index in [0.717, 1.165) is 28.8 Å². The summed E-state index contributed by atoms with van der Waals surface area (Å²) in [4.78, 5) is 22.5. The number of nitro benzene ring substituents is 1. The number of benzene rings is 2. The molecule has 1 amide bonds. The second-order valence-electron chi connectivity index (χ2n) is 5.23. The molecule has 27 heavy (non-hydrogen) atoms. The molecular formula is C17H15F3N2O4S. The fourth-order valence-electron chi connectivity index (χ4n) is 2.12. The van der Waals surface area contributed by atoms with Crippen molar-refractivity contribution in [2.24, 2.45) is 0 Å². The third kappa shape index (κ3) is 5.88. The highest BCUT2D eigenvalue weighted by Gasteiger charge is 2.35. The number of ether oxygens (including phenoxy) is 1. The van der Waals surface area contributed by atoms with Gasteiger partial charge in [-0.2, -0.15) is 13.2 Å². The molecule has 0 aliphatic carbocycles. The topological polar surface area (TPSA) is 81.5 Å². The summed E-state index contributed by atoms with van der Waals surface area (Å²) in [5, 5.41) is 12.8. The third-order valence-electron chi connectivity index (χ3n) is 3.30. The number of thioether (sulfide) groups is 1. The standard InChI is InChI=1S/C17H15F3N2O4S/c1-2-26-12-4-6-13(7-5-12)27-10-16(23)21-15-8-3-11(22(24)25)9-14(15)17(18,19)20/h3-9H,2,10H2,1H3,(H,21,23). The van der Waals surface area contributed by atoms with Crippen molar-refractivity contribution >= 4 is 29.0 Å². The lowest BCUT2D eigenvalue weighted by Gasteiger charge is -2.13. The summed E-state index contributed by atoms with van der Waals surface area (Å²) in [5.41, 5.74) is -2.49. The van der Waals surface area contributed by atoms with E-state index in [1.54, 1.807) is 24.3 Å². The summed E-state index contributed by atoms with van der Waals surface area (Å²) < 4.78 is 44.6. The number of amides is 1.